The van der Waals surface area contributed by atoms with Gasteiger partial charge in [-0.1, -0.05) is 81.7 Å². The maximum Gasteiger partial charge on any atom is 0.159 e. The van der Waals surface area contributed by atoms with E-state index < -0.39 is 0 Å². The van der Waals surface area contributed by atoms with Crippen LogP contribution in [0.3, 0.4) is 0 Å². The van der Waals surface area contributed by atoms with Crippen LogP contribution in [0.2, 0.25) is 0 Å². The second-order valence-electron chi connectivity index (χ2n) is 10.1. The molecule has 162 valence electrons. The molecular formula is C28H40N2. The van der Waals surface area contributed by atoms with Crippen molar-refractivity contribution in [1.82, 2.24) is 9.97 Å². The number of hydrogen-bond donors (Lipinski definition) is 0. The highest BCUT2D eigenvalue weighted by Crippen LogP contribution is 2.43. The third kappa shape index (κ3) is 5.50. The van der Waals surface area contributed by atoms with Gasteiger partial charge < -0.3 is 0 Å². The molecule has 1 aromatic carbocycles. The molecule has 0 amide bonds. The highest BCUT2D eigenvalue weighted by atomic mass is 14.9. The third-order valence-electron chi connectivity index (χ3n) is 7.99. The Morgan fingerprint density at radius 3 is 2.17 bits per heavy atom. The van der Waals surface area contributed by atoms with Crippen LogP contribution in [-0.4, -0.2) is 9.97 Å². The van der Waals surface area contributed by atoms with E-state index in [1.807, 2.05) is 0 Å². The van der Waals surface area contributed by atoms with Crippen molar-refractivity contribution in [3.8, 4) is 11.4 Å². The number of hydrogen-bond acceptors (Lipinski definition) is 2. The lowest BCUT2D eigenvalue weighted by molar-refractivity contribution is 0.211. The molecule has 2 aliphatic rings. The minimum Gasteiger partial charge on any atom is -0.236 e. The smallest absolute Gasteiger partial charge is 0.159 e. The van der Waals surface area contributed by atoms with Gasteiger partial charge in [0.2, 0.25) is 0 Å². The maximum atomic E-state index is 4.70. The summed E-state index contributed by atoms with van der Waals surface area (Å²) in [5.41, 5.74) is 3.74. The Labute approximate surface area is 183 Å². The van der Waals surface area contributed by atoms with Crippen LogP contribution in [0.1, 0.15) is 101 Å². The van der Waals surface area contributed by atoms with E-state index in [0.29, 0.717) is 5.92 Å². The number of benzene rings is 1. The molecule has 2 nitrogen and oxygen atoms in total. The summed E-state index contributed by atoms with van der Waals surface area (Å²) >= 11 is 0. The SMILES string of the molecule is CCCCC1CCCC(C2CCC(c3cnc(-c4ccc(C)cc4)nc3)CC2)CC1. The zero-order chi connectivity index (χ0) is 20.8. The standard InChI is InChI=1S/C28H40N2/c1-3-4-6-22-7-5-8-23(14-11-22)24-15-17-25(18-16-24)27-19-29-28(30-20-27)26-12-9-21(2)10-13-26/h9-10,12-13,19-20,22-25H,3-8,11,14-18H2,1-2H3. The van der Waals surface area contributed by atoms with Gasteiger partial charge in [0, 0.05) is 18.0 Å². The topological polar surface area (TPSA) is 25.8 Å². The Hall–Kier alpha value is -1.70. The van der Waals surface area contributed by atoms with Gasteiger partial charge >= 0.3 is 0 Å². The van der Waals surface area contributed by atoms with Crippen molar-refractivity contribution in [2.75, 3.05) is 0 Å². The van der Waals surface area contributed by atoms with Crippen molar-refractivity contribution >= 4 is 0 Å². The minimum atomic E-state index is 0.663. The maximum absolute atomic E-state index is 4.70. The van der Waals surface area contributed by atoms with Gasteiger partial charge in [-0.25, -0.2) is 9.97 Å². The average molecular weight is 405 g/mol. The number of unbranched alkanes of at least 4 members (excludes halogenated alkanes) is 1. The highest BCUT2D eigenvalue weighted by Gasteiger charge is 2.30. The molecule has 0 bridgehead atoms. The fourth-order valence-electron chi connectivity index (χ4n) is 5.98. The molecule has 0 radical (unpaired) electrons. The lowest BCUT2D eigenvalue weighted by Crippen LogP contribution is -2.21. The summed E-state index contributed by atoms with van der Waals surface area (Å²) in [6, 6.07) is 8.50. The van der Waals surface area contributed by atoms with Gasteiger partial charge in [0.05, 0.1) is 0 Å². The number of aryl methyl sites for hydroxylation is 1. The van der Waals surface area contributed by atoms with Crippen molar-refractivity contribution in [3.05, 3.63) is 47.8 Å². The molecule has 30 heavy (non-hydrogen) atoms. The van der Waals surface area contributed by atoms with Gasteiger partial charge in [0.1, 0.15) is 0 Å². The van der Waals surface area contributed by atoms with Gasteiger partial charge in [-0.15, -0.1) is 0 Å². The van der Waals surface area contributed by atoms with Gasteiger partial charge in [0.15, 0.2) is 5.82 Å². The van der Waals surface area contributed by atoms with Crippen LogP contribution in [0.15, 0.2) is 36.7 Å². The van der Waals surface area contributed by atoms with Crippen LogP contribution in [0.5, 0.6) is 0 Å². The molecule has 2 atom stereocenters. The van der Waals surface area contributed by atoms with E-state index in [1.54, 1.807) is 0 Å². The summed E-state index contributed by atoms with van der Waals surface area (Å²) in [6.07, 6.45) is 21.4. The van der Waals surface area contributed by atoms with Crippen LogP contribution in [0.4, 0.5) is 0 Å². The summed E-state index contributed by atoms with van der Waals surface area (Å²) in [5, 5.41) is 0. The first-order chi connectivity index (χ1) is 14.7. The van der Waals surface area contributed by atoms with Gasteiger partial charge in [0.25, 0.3) is 0 Å². The first-order valence-electron chi connectivity index (χ1n) is 12.6. The van der Waals surface area contributed by atoms with Crippen molar-refractivity contribution in [2.45, 2.75) is 96.8 Å². The average Bonchev–Trinajstić information content (AvgIpc) is 3.04. The Balaban J connectivity index is 1.28. The lowest BCUT2D eigenvalue weighted by Gasteiger charge is -2.33. The monoisotopic (exact) mass is 404 g/mol. The molecule has 0 saturated heterocycles. The van der Waals surface area contributed by atoms with Gasteiger partial charge in [-0.2, -0.15) is 0 Å². The third-order valence-corrected chi connectivity index (χ3v) is 7.99. The van der Waals surface area contributed by atoms with E-state index in [1.165, 1.54) is 88.2 Å². The molecule has 2 fully saturated rings. The van der Waals surface area contributed by atoms with E-state index in [2.05, 4.69) is 50.5 Å². The number of nitrogens with zero attached hydrogens (tertiary/aromatic N) is 2. The fraction of sp³-hybridized carbons (Fsp3) is 0.643. The molecule has 0 N–H and O–H groups in total. The molecule has 2 unspecified atom stereocenters. The van der Waals surface area contributed by atoms with E-state index in [-0.39, 0.29) is 0 Å². The summed E-state index contributed by atoms with van der Waals surface area (Å²) in [7, 11) is 0. The Bertz CT molecular complexity index is 756. The summed E-state index contributed by atoms with van der Waals surface area (Å²) in [6.45, 7) is 4.45. The Morgan fingerprint density at radius 1 is 0.800 bits per heavy atom. The fourth-order valence-corrected chi connectivity index (χ4v) is 5.98. The molecule has 2 aromatic rings. The van der Waals surface area contributed by atoms with E-state index in [0.717, 1.165) is 29.1 Å². The van der Waals surface area contributed by atoms with Crippen LogP contribution in [-0.2, 0) is 0 Å². The Morgan fingerprint density at radius 2 is 1.47 bits per heavy atom. The zero-order valence-electron chi connectivity index (χ0n) is 19.2. The Kier molecular flexibility index (Phi) is 7.57. The lowest BCUT2D eigenvalue weighted by atomic mass is 9.72. The zero-order valence-corrected chi connectivity index (χ0v) is 19.2. The van der Waals surface area contributed by atoms with Crippen molar-refractivity contribution in [1.29, 1.82) is 0 Å². The molecule has 2 saturated carbocycles. The summed E-state index contributed by atoms with van der Waals surface area (Å²) < 4.78 is 0. The van der Waals surface area contributed by atoms with Gasteiger partial charge in [-0.3, -0.25) is 0 Å². The van der Waals surface area contributed by atoms with Gasteiger partial charge in [-0.05, 0) is 68.3 Å². The largest absolute Gasteiger partial charge is 0.236 e. The van der Waals surface area contributed by atoms with Crippen molar-refractivity contribution < 1.29 is 0 Å². The minimum absolute atomic E-state index is 0.663. The molecule has 1 aromatic heterocycles. The molecule has 0 spiro atoms. The van der Waals surface area contributed by atoms with E-state index >= 15 is 0 Å². The van der Waals surface area contributed by atoms with Crippen LogP contribution < -0.4 is 0 Å². The number of rotatable bonds is 6. The van der Waals surface area contributed by atoms with Crippen LogP contribution in [0, 0.1) is 24.7 Å². The van der Waals surface area contributed by atoms with Crippen molar-refractivity contribution in [2.24, 2.45) is 17.8 Å². The van der Waals surface area contributed by atoms with Crippen LogP contribution >= 0.6 is 0 Å². The normalized spacial score (nSPS) is 27.5. The second-order valence-corrected chi connectivity index (χ2v) is 10.1. The van der Waals surface area contributed by atoms with Crippen LogP contribution in [0.25, 0.3) is 11.4 Å². The van der Waals surface area contributed by atoms with E-state index in [9.17, 15) is 0 Å². The molecule has 1 heterocycles. The molecule has 2 aliphatic carbocycles. The number of aromatic nitrogens is 2. The second kappa shape index (κ2) is 10.6. The first-order valence-corrected chi connectivity index (χ1v) is 12.6. The van der Waals surface area contributed by atoms with Crippen molar-refractivity contribution in [3.63, 3.8) is 0 Å². The molecule has 0 aliphatic heterocycles. The molecular weight excluding hydrogens is 364 g/mol. The predicted octanol–water partition coefficient (Wildman–Crippen LogP) is 8.11. The first kappa shape index (κ1) is 21.5. The van der Waals surface area contributed by atoms with E-state index in [4.69, 9.17) is 9.97 Å². The molecule has 4 rings (SSSR count). The summed E-state index contributed by atoms with van der Waals surface area (Å²) in [4.78, 5) is 9.39. The predicted molar refractivity (Wildman–Crippen MR) is 126 cm³/mol. The highest BCUT2D eigenvalue weighted by molar-refractivity contribution is 5.55. The molecule has 2 heteroatoms. The quantitative estimate of drug-likeness (QED) is 0.454. The summed E-state index contributed by atoms with van der Waals surface area (Å²) in [5.74, 6) is 4.51.